The second-order valence-corrected chi connectivity index (χ2v) is 5.38. The predicted molar refractivity (Wildman–Crippen MR) is 72.8 cm³/mol. The fourth-order valence-corrected chi connectivity index (χ4v) is 2.37. The summed E-state index contributed by atoms with van der Waals surface area (Å²) >= 11 is 2.05. The maximum absolute atomic E-state index is 13.1. The number of thioether (sulfide) groups is 2. The molecule has 0 aliphatic rings. The van der Waals surface area contributed by atoms with Crippen LogP contribution in [-0.2, 0) is 11.5 Å². The van der Waals surface area contributed by atoms with E-state index in [0.29, 0.717) is 11.1 Å². The van der Waals surface area contributed by atoms with E-state index in [1.54, 1.807) is 0 Å². The normalized spacial score (nSPS) is 10.3. The molecule has 0 unspecified atom stereocenters. The summed E-state index contributed by atoms with van der Waals surface area (Å²) < 4.78 is 26.3. The molecule has 0 amide bonds. The first kappa shape index (κ1) is 14.8. The molecule has 0 aromatic heterocycles. The van der Waals surface area contributed by atoms with Gasteiger partial charge in [-0.05, 0) is 23.3 Å². The monoisotopic (exact) mass is 290 g/mol. The van der Waals surface area contributed by atoms with E-state index in [0.717, 1.165) is 35.7 Å². The van der Waals surface area contributed by atoms with Gasteiger partial charge in [0.05, 0.1) is 0 Å². The molecule has 1 rings (SSSR count). The van der Waals surface area contributed by atoms with Gasteiger partial charge in [0.2, 0.25) is 0 Å². The Morgan fingerprint density at radius 2 is 1.28 bits per heavy atom. The van der Waals surface area contributed by atoms with Gasteiger partial charge >= 0.3 is 0 Å². The van der Waals surface area contributed by atoms with Crippen LogP contribution >= 0.6 is 23.5 Å². The lowest BCUT2D eigenvalue weighted by Crippen LogP contribution is -2.07. The van der Waals surface area contributed by atoms with Crippen LogP contribution < -0.4 is 11.5 Å². The van der Waals surface area contributed by atoms with Gasteiger partial charge in [-0.1, -0.05) is 23.5 Å². The van der Waals surface area contributed by atoms with Crippen LogP contribution in [-0.4, -0.2) is 10.3 Å². The van der Waals surface area contributed by atoms with Crippen molar-refractivity contribution in [2.24, 2.45) is 11.5 Å². The van der Waals surface area contributed by atoms with E-state index in [9.17, 15) is 8.78 Å². The minimum atomic E-state index is -0.939. The number of benzene rings is 1. The van der Waals surface area contributed by atoms with Gasteiger partial charge < -0.3 is 11.5 Å². The molecule has 0 spiro atoms. The van der Waals surface area contributed by atoms with Crippen molar-refractivity contribution in [2.75, 3.05) is 0 Å². The Labute approximate surface area is 112 Å². The minimum absolute atomic E-state index is 0.0927. The van der Waals surface area contributed by atoms with Crippen LogP contribution in [0.25, 0.3) is 0 Å². The standard InChI is InChI=1S/C10H12F2N4S2/c11-7-1-5(3-17-9(13)14)6(2-8(7)12)4-18-10(15)16/h1-2H,3-4H2,(H3,13,14)(H3,15,16). The van der Waals surface area contributed by atoms with E-state index < -0.39 is 11.6 Å². The molecule has 0 radical (unpaired) electrons. The molecule has 0 saturated heterocycles. The van der Waals surface area contributed by atoms with Crippen LogP contribution in [0.2, 0.25) is 0 Å². The average Bonchev–Trinajstić information content (AvgIpc) is 2.28. The molecule has 1 aromatic carbocycles. The van der Waals surface area contributed by atoms with E-state index in [4.69, 9.17) is 22.3 Å². The zero-order chi connectivity index (χ0) is 13.7. The molecule has 0 aliphatic heterocycles. The van der Waals surface area contributed by atoms with Crippen molar-refractivity contribution in [1.29, 1.82) is 10.8 Å². The molecular weight excluding hydrogens is 278 g/mol. The highest BCUT2D eigenvalue weighted by atomic mass is 32.2. The van der Waals surface area contributed by atoms with Gasteiger partial charge in [-0.3, -0.25) is 10.8 Å². The van der Waals surface area contributed by atoms with Gasteiger partial charge in [0.25, 0.3) is 0 Å². The summed E-state index contributed by atoms with van der Waals surface area (Å²) in [5.74, 6) is -1.32. The lowest BCUT2D eigenvalue weighted by molar-refractivity contribution is 0.506. The highest BCUT2D eigenvalue weighted by Gasteiger charge is 2.11. The van der Waals surface area contributed by atoms with Gasteiger partial charge in [0, 0.05) is 11.5 Å². The maximum atomic E-state index is 13.1. The number of hydrogen-bond acceptors (Lipinski definition) is 4. The molecule has 0 saturated carbocycles. The van der Waals surface area contributed by atoms with Crippen molar-refractivity contribution in [2.45, 2.75) is 11.5 Å². The first-order chi connectivity index (χ1) is 8.40. The molecule has 0 bridgehead atoms. The van der Waals surface area contributed by atoms with Gasteiger partial charge in [-0.25, -0.2) is 8.78 Å². The maximum Gasteiger partial charge on any atom is 0.159 e. The lowest BCUT2D eigenvalue weighted by atomic mass is 10.1. The topological polar surface area (TPSA) is 99.7 Å². The Kier molecular flexibility index (Phi) is 5.42. The van der Waals surface area contributed by atoms with Crippen LogP contribution in [0.4, 0.5) is 8.78 Å². The summed E-state index contributed by atoms with van der Waals surface area (Å²) in [4.78, 5) is 0. The average molecular weight is 290 g/mol. The van der Waals surface area contributed by atoms with Crippen LogP contribution in [0, 0.1) is 22.5 Å². The van der Waals surface area contributed by atoms with Crippen molar-refractivity contribution in [3.63, 3.8) is 0 Å². The van der Waals surface area contributed by atoms with Gasteiger partial charge in [-0.2, -0.15) is 0 Å². The number of nitrogens with one attached hydrogen (secondary N) is 2. The van der Waals surface area contributed by atoms with Crippen molar-refractivity contribution in [1.82, 2.24) is 0 Å². The van der Waals surface area contributed by atoms with Crippen molar-refractivity contribution in [3.8, 4) is 0 Å². The number of nitrogens with two attached hydrogens (primary N) is 2. The molecule has 6 N–H and O–H groups in total. The van der Waals surface area contributed by atoms with E-state index in [-0.39, 0.29) is 21.8 Å². The molecule has 98 valence electrons. The van der Waals surface area contributed by atoms with Gasteiger partial charge in [0.1, 0.15) is 0 Å². The third-order valence-corrected chi connectivity index (χ3v) is 3.54. The van der Waals surface area contributed by atoms with Crippen LogP contribution in [0.5, 0.6) is 0 Å². The molecule has 8 heteroatoms. The number of rotatable bonds is 4. The van der Waals surface area contributed by atoms with Gasteiger partial charge in [-0.15, -0.1) is 0 Å². The van der Waals surface area contributed by atoms with E-state index in [1.807, 2.05) is 0 Å². The van der Waals surface area contributed by atoms with Crippen LogP contribution in [0.15, 0.2) is 12.1 Å². The van der Waals surface area contributed by atoms with Crippen LogP contribution in [0.1, 0.15) is 11.1 Å². The largest absolute Gasteiger partial charge is 0.379 e. The molecular formula is C10H12F2N4S2. The third kappa shape index (κ3) is 4.53. The van der Waals surface area contributed by atoms with E-state index in [2.05, 4.69) is 0 Å². The Morgan fingerprint density at radius 3 is 1.56 bits per heavy atom. The third-order valence-electron chi connectivity index (χ3n) is 2.01. The SMILES string of the molecule is N=C(N)SCc1cc(F)c(F)cc1CSC(=N)N. The second-order valence-electron chi connectivity index (χ2n) is 3.34. The van der Waals surface area contributed by atoms with E-state index >= 15 is 0 Å². The Hall–Kier alpha value is -1.28. The molecule has 1 aromatic rings. The summed E-state index contributed by atoms with van der Waals surface area (Å²) in [5.41, 5.74) is 11.5. The molecule has 0 aliphatic carbocycles. The molecule has 0 heterocycles. The zero-order valence-electron chi connectivity index (χ0n) is 9.30. The van der Waals surface area contributed by atoms with Gasteiger partial charge in [0.15, 0.2) is 22.0 Å². The van der Waals surface area contributed by atoms with Crippen molar-refractivity contribution in [3.05, 3.63) is 34.9 Å². The first-order valence-electron chi connectivity index (χ1n) is 4.80. The zero-order valence-corrected chi connectivity index (χ0v) is 10.9. The molecule has 0 atom stereocenters. The fourth-order valence-electron chi connectivity index (χ4n) is 1.21. The quantitative estimate of drug-likeness (QED) is 0.504. The minimum Gasteiger partial charge on any atom is -0.379 e. The second kappa shape index (κ2) is 6.60. The smallest absolute Gasteiger partial charge is 0.159 e. The number of hydrogen-bond donors (Lipinski definition) is 4. The first-order valence-corrected chi connectivity index (χ1v) is 6.77. The number of halogens is 2. The summed E-state index contributed by atoms with van der Waals surface area (Å²) in [6.45, 7) is 0. The van der Waals surface area contributed by atoms with Crippen molar-refractivity contribution < 1.29 is 8.78 Å². The Balaban J connectivity index is 2.93. The highest BCUT2D eigenvalue weighted by Crippen LogP contribution is 2.23. The lowest BCUT2D eigenvalue weighted by Gasteiger charge is -2.09. The van der Waals surface area contributed by atoms with Crippen LogP contribution in [0.3, 0.4) is 0 Å². The Morgan fingerprint density at radius 1 is 0.944 bits per heavy atom. The number of amidine groups is 2. The van der Waals surface area contributed by atoms with E-state index in [1.165, 1.54) is 0 Å². The fraction of sp³-hybridized carbons (Fsp3) is 0.200. The molecule has 4 nitrogen and oxygen atoms in total. The summed E-state index contributed by atoms with van der Waals surface area (Å²) in [7, 11) is 0. The highest BCUT2D eigenvalue weighted by molar-refractivity contribution is 8.13. The Bertz CT molecular complexity index is 436. The molecule has 0 fully saturated rings. The summed E-state index contributed by atoms with van der Waals surface area (Å²) in [6.07, 6.45) is 0. The van der Waals surface area contributed by atoms with Crippen molar-refractivity contribution >= 4 is 33.9 Å². The predicted octanol–water partition coefficient (Wildman–Crippen LogP) is 2.22. The summed E-state index contributed by atoms with van der Waals surface area (Å²) in [5, 5.41) is 14.0. The molecule has 18 heavy (non-hydrogen) atoms. The summed E-state index contributed by atoms with van der Waals surface area (Å²) in [6, 6.07) is 2.17.